The first-order chi connectivity index (χ1) is 14.7. The summed E-state index contributed by atoms with van der Waals surface area (Å²) < 4.78 is 1.90. The van der Waals surface area contributed by atoms with Crippen LogP contribution in [0.4, 0.5) is 5.13 Å². The fourth-order valence-electron chi connectivity index (χ4n) is 3.66. The van der Waals surface area contributed by atoms with Crippen molar-refractivity contribution in [3.63, 3.8) is 0 Å². The molecule has 3 aromatic rings. The maximum Gasteiger partial charge on any atom is 0.193 e. The minimum absolute atomic E-state index is 0.738. The first kappa shape index (κ1) is 20.4. The van der Waals surface area contributed by atoms with Gasteiger partial charge in [0.15, 0.2) is 11.1 Å². The molecule has 0 aliphatic carbocycles. The molecule has 0 spiro atoms. The van der Waals surface area contributed by atoms with Gasteiger partial charge in [0.25, 0.3) is 0 Å². The number of guanidine groups is 1. The monoisotopic (exact) mass is 423 g/mol. The highest BCUT2D eigenvalue weighted by molar-refractivity contribution is 7.13. The maximum absolute atomic E-state index is 4.80. The van der Waals surface area contributed by atoms with Crippen molar-refractivity contribution in [1.82, 2.24) is 25.0 Å². The number of nitrogens with one attached hydrogen (secondary N) is 1. The number of nitrogens with zero attached hydrogens (tertiary/aromatic N) is 6. The molecule has 1 fully saturated rings. The molecule has 30 heavy (non-hydrogen) atoms. The molecule has 1 saturated heterocycles. The first-order valence-corrected chi connectivity index (χ1v) is 11.3. The van der Waals surface area contributed by atoms with E-state index in [1.165, 1.54) is 18.0 Å². The van der Waals surface area contributed by atoms with Crippen molar-refractivity contribution in [2.24, 2.45) is 4.99 Å². The van der Waals surface area contributed by atoms with Crippen molar-refractivity contribution in [2.45, 2.75) is 25.8 Å². The maximum atomic E-state index is 4.80. The van der Waals surface area contributed by atoms with Crippen molar-refractivity contribution < 1.29 is 0 Å². The van der Waals surface area contributed by atoms with E-state index < -0.39 is 0 Å². The van der Waals surface area contributed by atoms with Crippen LogP contribution in [-0.2, 0) is 13.0 Å². The molecule has 0 atom stereocenters. The summed E-state index contributed by atoms with van der Waals surface area (Å²) in [7, 11) is 3.87. The smallest absolute Gasteiger partial charge is 0.193 e. The van der Waals surface area contributed by atoms with Crippen LogP contribution >= 0.6 is 11.3 Å². The second-order valence-corrected chi connectivity index (χ2v) is 8.36. The minimum atomic E-state index is 0.738. The Morgan fingerprint density at radius 2 is 2.03 bits per heavy atom. The van der Waals surface area contributed by atoms with Gasteiger partial charge in [0, 0.05) is 63.8 Å². The highest BCUT2D eigenvalue weighted by atomic mass is 32.1. The molecule has 1 aliphatic rings. The Bertz CT molecular complexity index is 957. The van der Waals surface area contributed by atoms with Gasteiger partial charge in [0.2, 0.25) is 0 Å². The van der Waals surface area contributed by atoms with E-state index in [1.807, 2.05) is 43.2 Å². The van der Waals surface area contributed by atoms with Crippen LogP contribution in [0, 0.1) is 0 Å². The van der Waals surface area contributed by atoms with Gasteiger partial charge in [-0.2, -0.15) is 5.10 Å². The van der Waals surface area contributed by atoms with E-state index in [2.05, 4.69) is 48.9 Å². The van der Waals surface area contributed by atoms with E-state index in [4.69, 9.17) is 4.98 Å². The number of hydrogen-bond donors (Lipinski definition) is 1. The Morgan fingerprint density at radius 3 is 2.80 bits per heavy atom. The summed E-state index contributed by atoms with van der Waals surface area (Å²) in [6, 6.07) is 10.1. The van der Waals surface area contributed by atoms with E-state index in [1.54, 1.807) is 11.3 Å². The van der Waals surface area contributed by atoms with Crippen LogP contribution in [0.1, 0.15) is 24.1 Å². The van der Waals surface area contributed by atoms with Crippen LogP contribution < -0.4 is 10.2 Å². The lowest BCUT2D eigenvalue weighted by Gasteiger charge is -2.21. The molecule has 1 N–H and O–H groups in total. The third kappa shape index (κ3) is 4.99. The van der Waals surface area contributed by atoms with Gasteiger partial charge < -0.3 is 15.1 Å². The standard InChI is InChI=1S/C22H29N7S/c1-23-21(24-11-10-19-17-30-22(26-19)28-12-6-7-13-28)27(2)15-18-14-25-29(16-18)20-8-4-3-5-9-20/h3-5,8-9,14,16-17H,6-7,10-13,15H2,1-2H3,(H,23,24). The van der Waals surface area contributed by atoms with Gasteiger partial charge >= 0.3 is 0 Å². The average molecular weight is 424 g/mol. The third-order valence-corrected chi connectivity index (χ3v) is 6.18. The molecule has 0 saturated carbocycles. The average Bonchev–Trinajstić information content (AvgIpc) is 3.53. The lowest BCUT2D eigenvalue weighted by Crippen LogP contribution is -2.39. The molecule has 8 heteroatoms. The molecule has 0 bridgehead atoms. The number of aromatic nitrogens is 3. The Kier molecular flexibility index (Phi) is 6.63. The van der Waals surface area contributed by atoms with Crippen LogP contribution in [0.5, 0.6) is 0 Å². The quantitative estimate of drug-likeness (QED) is 0.467. The summed E-state index contributed by atoms with van der Waals surface area (Å²) in [4.78, 5) is 13.7. The summed E-state index contributed by atoms with van der Waals surface area (Å²) in [6.45, 7) is 3.83. The van der Waals surface area contributed by atoms with Crippen LogP contribution in [-0.4, -0.2) is 59.4 Å². The molecular weight excluding hydrogens is 394 g/mol. The van der Waals surface area contributed by atoms with Crippen molar-refractivity contribution >= 4 is 22.4 Å². The summed E-state index contributed by atoms with van der Waals surface area (Å²) in [5.74, 6) is 0.873. The number of thiazole rings is 1. The number of hydrogen-bond acceptors (Lipinski definition) is 5. The van der Waals surface area contributed by atoms with Crippen LogP contribution in [0.15, 0.2) is 53.1 Å². The summed E-state index contributed by atoms with van der Waals surface area (Å²) >= 11 is 1.76. The number of para-hydroxylation sites is 1. The first-order valence-electron chi connectivity index (χ1n) is 10.4. The lowest BCUT2D eigenvalue weighted by molar-refractivity contribution is 0.477. The van der Waals surface area contributed by atoms with Gasteiger partial charge in [-0.15, -0.1) is 11.3 Å². The Hall–Kier alpha value is -2.87. The molecule has 1 aromatic carbocycles. The van der Waals surface area contributed by atoms with E-state index in [0.717, 1.165) is 55.5 Å². The fourth-order valence-corrected chi connectivity index (χ4v) is 4.58. The van der Waals surface area contributed by atoms with Gasteiger partial charge in [-0.25, -0.2) is 9.67 Å². The van der Waals surface area contributed by atoms with Crippen molar-refractivity contribution in [1.29, 1.82) is 0 Å². The molecule has 4 rings (SSSR count). The molecule has 7 nitrogen and oxygen atoms in total. The van der Waals surface area contributed by atoms with Crippen molar-refractivity contribution in [2.75, 3.05) is 38.6 Å². The van der Waals surface area contributed by atoms with Crippen LogP contribution in [0.2, 0.25) is 0 Å². The summed E-state index contributed by atoms with van der Waals surface area (Å²) in [6.07, 6.45) is 7.43. The largest absolute Gasteiger partial charge is 0.356 e. The molecule has 0 amide bonds. The summed E-state index contributed by atoms with van der Waals surface area (Å²) in [5.41, 5.74) is 3.35. The molecular formula is C22H29N7S. The van der Waals surface area contributed by atoms with Gasteiger partial charge in [-0.1, -0.05) is 18.2 Å². The summed E-state index contributed by atoms with van der Waals surface area (Å²) in [5, 5.41) is 11.3. The van der Waals surface area contributed by atoms with Crippen LogP contribution in [0.25, 0.3) is 5.69 Å². The highest BCUT2D eigenvalue weighted by Crippen LogP contribution is 2.24. The van der Waals surface area contributed by atoms with Crippen molar-refractivity contribution in [3.8, 4) is 5.69 Å². The Balaban J connectivity index is 1.27. The lowest BCUT2D eigenvalue weighted by atomic mass is 10.3. The highest BCUT2D eigenvalue weighted by Gasteiger charge is 2.15. The number of anilines is 1. The molecule has 3 heterocycles. The number of benzene rings is 1. The zero-order valence-electron chi connectivity index (χ0n) is 17.7. The zero-order valence-corrected chi connectivity index (χ0v) is 18.5. The van der Waals surface area contributed by atoms with E-state index in [9.17, 15) is 0 Å². The second-order valence-electron chi connectivity index (χ2n) is 7.52. The molecule has 158 valence electrons. The van der Waals surface area contributed by atoms with Crippen LogP contribution in [0.3, 0.4) is 0 Å². The zero-order chi connectivity index (χ0) is 20.8. The number of aliphatic imine (C=N–C) groups is 1. The minimum Gasteiger partial charge on any atom is -0.356 e. The normalized spacial score (nSPS) is 14.3. The molecule has 1 aliphatic heterocycles. The fraction of sp³-hybridized carbons (Fsp3) is 0.409. The van der Waals surface area contributed by atoms with Gasteiger partial charge in [-0.3, -0.25) is 4.99 Å². The van der Waals surface area contributed by atoms with E-state index in [0.29, 0.717) is 0 Å². The topological polar surface area (TPSA) is 61.6 Å². The molecule has 2 aromatic heterocycles. The van der Waals surface area contributed by atoms with E-state index >= 15 is 0 Å². The SMILES string of the molecule is CN=C(NCCc1csc(N2CCCC2)n1)N(C)Cc1cnn(-c2ccccc2)c1. The van der Waals surface area contributed by atoms with Crippen molar-refractivity contribution in [3.05, 3.63) is 59.4 Å². The second kappa shape index (κ2) is 9.75. The van der Waals surface area contributed by atoms with Gasteiger partial charge in [-0.05, 0) is 25.0 Å². The predicted molar refractivity (Wildman–Crippen MR) is 124 cm³/mol. The number of rotatable bonds is 7. The van der Waals surface area contributed by atoms with E-state index in [-0.39, 0.29) is 0 Å². The molecule has 0 unspecified atom stereocenters. The Labute approximate surface area is 182 Å². The Morgan fingerprint density at radius 1 is 1.23 bits per heavy atom. The molecule has 0 radical (unpaired) electrons. The third-order valence-electron chi connectivity index (χ3n) is 5.23. The van der Waals surface area contributed by atoms with Gasteiger partial charge in [0.05, 0.1) is 17.6 Å². The van der Waals surface area contributed by atoms with Gasteiger partial charge in [0.1, 0.15) is 0 Å². The predicted octanol–water partition coefficient (Wildman–Crippen LogP) is 3.18.